The maximum absolute atomic E-state index is 13.4. The van der Waals surface area contributed by atoms with Crippen LogP contribution in [0, 0.1) is 6.92 Å². The number of benzene rings is 2. The lowest BCUT2D eigenvalue weighted by Crippen LogP contribution is -2.18. The molecule has 0 amide bonds. The topological polar surface area (TPSA) is 94.0 Å². The molecule has 192 valence electrons. The van der Waals surface area contributed by atoms with Crippen LogP contribution in [0.15, 0.2) is 84.3 Å². The number of carbonyl (C=O) groups is 1. The number of rotatable bonds is 9. The Bertz CT molecular complexity index is 1500. The van der Waals surface area contributed by atoms with Crippen LogP contribution >= 0.6 is 0 Å². The number of pyridine rings is 1. The van der Waals surface area contributed by atoms with E-state index in [9.17, 15) is 26.4 Å². The van der Waals surface area contributed by atoms with Gasteiger partial charge in [0.2, 0.25) is 0 Å². The predicted octanol–water partition coefficient (Wildman–Crippen LogP) is 5.14. The number of alkyl halides is 3. The van der Waals surface area contributed by atoms with Gasteiger partial charge in [-0.05, 0) is 60.9 Å². The fraction of sp³-hybridized carbons (Fsp3) is 0.192. The maximum atomic E-state index is 13.4. The third-order valence-electron chi connectivity index (χ3n) is 5.68. The van der Waals surface area contributed by atoms with E-state index in [0.29, 0.717) is 30.3 Å². The Morgan fingerprint density at radius 2 is 1.78 bits per heavy atom. The van der Waals surface area contributed by atoms with Crippen molar-refractivity contribution in [2.24, 2.45) is 0 Å². The van der Waals surface area contributed by atoms with Crippen LogP contribution in [0.3, 0.4) is 0 Å². The zero-order valence-electron chi connectivity index (χ0n) is 19.7. The number of Topliss-reactive ketones (excluding diaryl/α,β-unsaturated/α-hetero) is 1. The first-order valence-corrected chi connectivity index (χ1v) is 12.8. The number of halogens is 3. The van der Waals surface area contributed by atoms with Gasteiger partial charge in [0.25, 0.3) is 10.0 Å². The second-order valence-corrected chi connectivity index (χ2v) is 10.1. The average molecular weight is 529 g/mol. The van der Waals surface area contributed by atoms with Crippen LogP contribution in [0.25, 0.3) is 5.69 Å². The first-order chi connectivity index (χ1) is 17.5. The Labute approximate surface area is 212 Å². The minimum absolute atomic E-state index is 0.0153. The number of hydrogen-bond acceptors (Lipinski definition) is 5. The van der Waals surface area contributed by atoms with Crippen molar-refractivity contribution in [3.05, 3.63) is 102 Å². The van der Waals surface area contributed by atoms with Gasteiger partial charge in [0, 0.05) is 43.3 Å². The average Bonchev–Trinajstić information content (AvgIpc) is 3.29. The number of imidazole rings is 1. The van der Waals surface area contributed by atoms with E-state index in [1.807, 2.05) is 6.07 Å². The summed E-state index contributed by atoms with van der Waals surface area (Å²) in [5.74, 6) is 0.426. The largest absolute Gasteiger partial charge is 0.416 e. The van der Waals surface area contributed by atoms with Crippen LogP contribution in [0.4, 0.5) is 18.9 Å². The first kappa shape index (κ1) is 26.1. The number of aromatic nitrogens is 3. The third-order valence-corrected chi connectivity index (χ3v) is 7.10. The normalized spacial score (nSPS) is 11.9. The molecule has 4 aromatic rings. The number of nitrogens with one attached hydrogen (secondary N) is 1. The van der Waals surface area contributed by atoms with Gasteiger partial charge >= 0.3 is 6.18 Å². The number of sulfonamides is 1. The van der Waals surface area contributed by atoms with Crippen molar-refractivity contribution < 1.29 is 26.4 Å². The zero-order chi connectivity index (χ0) is 26.6. The van der Waals surface area contributed by atoms with Crippen molar-refractivity contribution in [3.8, 4) is 5.69 Å². The highest BCUT2D eigenvalue weighted by atomic mass is 32.2. The number of nitrogens with zero attached hydrogens (tertiary/aromatic N) is 3. The highest BCUT2D eigenvalue weighted by Crippen LogP contribution is 2.34. The van der Waals surface area contributed by atoms with E-state index >= 15 is 0 Å². The molecule has 0 spiro atoms. The third kappa shape index (κ3) is 6.42. The van der Waals surface area contributed by atoms with E-state index < -0.39 is 26.7 Å². The van der Waals surface area contributed by atoms with Crippen molar-refractivity contribution in [3.63, 3.8) is 0 Å². The SMILES string of the molecule is Cc1nccn1-c1ccc(C(F)(F)F)cc1S(=O)(=O)Nc1ccc(CC(=O)CCc2cccnc2)cc1. The fourth-order valence-corrected chi connectivity index (χ4v) is 5.06. The monoisotopic (exact) mass is 528 g/mol. The van der Waals surface area contributed by atoms with Gasteiger partial charge in [-0.25, -0.2) is 13.4 Å². The summed E-state index contributed by atoms with van der Waals surface area (Å²) in [4.78, 5) is 19.9. The number of aryl methyl sites for hydroxylation is 2. The highest BCUT2D eigenvalue weighted by Gasteiger charge is 2.33. The molecular weight excluding hydrogens is 505 g/mol. The smallest absolute Gasteiger partial charge is 0.303 e. The Hall–Kier alpha value is -3.99. The molecule has 0 aliphatic carbocycles. The molecule has 11 heteroatoms. The van der Waals surface area contributed by atoms with E-state index in [2.05, 4.69) is 14.7 Å². The maximum Gasteiger partial charge on any atom is 0.416 e. The number of anilines is 1. The highest BCUT2D eigenvalue weighted by molar-refractivity contribution is 7.92. The van der Waals surface area contributed by atoms with Crippen LogP contribution < -0.4 is 4.72 Å². The van der Waals surface area contributed by atoms with Gasteiger partial charge in [0.05, 0.1) is 11.3 Å². The molecule has 0 saturated heterocycles. The summed E-state index contributed by atoms with van der Waals surface area (Å²) in [6, 6.07) is 12.4. The van der Waals surface area contributed by atoms with Gasteiger partial charge in [0.1, 0.15) is 16.5 Å². The van der Waals surface area contributed by atoms with Crippen molar-refractivity contribution in [2.75, 3.05) is 4.72 Å². The van der Waals surface area contributed by atoms with E-state index in [0.717, 1.165) is 17.7 Å². The Kier molecular flexibility index (Phi) is 7.44. The van der Waals surface area contributed by atoms with Crippen LogP contribution in [-0.4, -0.2) is 28.7 Å². The van der Waals surface area contributed by atoms with Crippen LogP contribution in [-0.2, 0) is 33.8 Å². The molecular formula is C26H23F3N4O3S. The predicted molar refractivity (Wildman–Crippen MR) is 132 cm³/mol. The van der Waals surface area contributed by atoms with E-state index in [1.54, 1.807) is 37.5 Å². The molecule has 0 unspecified atom stereocenters. The van der Waals surface area contributed by atoms with Gasteiger partial charge in [-0.15, -0.1) is 0 Å². The van der Waals surface area contributed by atoms with E-state index in [-0.39, 0.29) is 23.6 Å². The lowest BCUT2D eigenvalue weighted by atomic mass is 10.0. The lowest BCUT2D eigenvalue weighted by Gasteiger charge is -2.16. The van der Waals surface area contributed by atoms with Gasteiger partial charge < -0.3 is 4.57 Å². The number of hydrogen-bond donors (Lipinski definition) is 1. The molecule has 0 bridgehead atoms. The van der Waals surface area contributed by atoms with Gasteiger partial charge in [-0.1, -0.05) is 18.2 Å². The van der Waals surface area contributed by atoms with Crippen LogP contribution in [0.1, 0.15) is 28.9 Å². The summed E-state index contributed by atoms with van der Waals surface area (Å²) in [7, 11) is -4.42. The molecule has 0 atom stereocenters. The molecule has 0 saturated carbocycles. The van der Waals surface area contributed by atoms with E-state index in [1.165, 1.54) is 29.1 Å². The lowest BCUT2D eigenvalue weighted by molar-refractivity contribution is -0.137. The summed E-state index contributed by atoms with van der Waals surface area (Å²) in [5, 5.41) is 0. The molecule has 2 aromatic carbocycles. The first-order valence-electron chi connectivity index (χ1n) is 11.3. The summed E-state index contributed by atoms with van der Waals surface area (Å²) in [6.45, 7) is 1.61. The molecule has 4 rings (SSSR count). The number of carbonyl (C=O) groups excluding carboxylic acids is 1. The van der Waals surface area contributed by atoms with E-state index in [4.69, 9.17) is 0 Å². The molecule has 2 heterocycles. The number of ketones is 1. The summed E-state index contributed by atoms with van der Waals surface area (Å²) >= 11 is 0. The molecule has 0 fully saturated rings. The summed E-state index contributed by atoms with van der Waals surface area (Å²) in [5.41, 5.74) is 0.742. The summed E-state index contributed by atoms with van der Waals surface area (Å²) < 4.78 is 70.3. The molecule has 7 nitrogen and oxygen atoms in total. The molecule has 0 aliphatic heterocycles. The Balaban J connectivity index is 1.52. The quantitative estimate of drug-likeness (QED) is 0.325. The zero-order valence-corrected chi connectivity index (χ0v) is 20.6. The van der Waals surface area contributed by atoms with Crippen LogP contribution in [0.5, 0.6) is 0 Å². The van der Waals surface area contributed by atoms with Gasteiger partial charge in [0.15, 0.2) is 0 Å². The molecule has 0 radical (unpaired) electrons. The van der Waals surface area contributed by atoms with Gasteiger partial charge in [-0.3, -0.25) is 14.5 Å². The van der Waals surface area contributed by atoms with Crippen LogP contribution in [0.2, 0.25) is 0 Å². The minimum atomic E-state index is -4.72. The molecule has 2 aromatic heterocycles. The second-order valence-electron chi connectivity index (χ2n) is 8.40. The standard InChI is InChI=1S/C26H23F3N4O3S/c1-18-31-13-14-33(18)24-11-7-21(26(27,28)29)16-25(24)37(35,36)32-22-8-4-19(5-9-22)15-23(34)10-6-20-3-2-12-30-17-20/h2-5,7-9,11-14,16-17,32H,6,10,15H2,1H3. The minimum Gasteiger partial charge on any atom is -0.303 e. The van der Waals surface area contributed by atoms with Crippen molar-refractivity contribution in [1.29, 1.82) is 0 Å². The van der Waals surface area contributed by atoms with Crippen molar-refractivity contribution >= 4 is 21.5 Å². The molecule has 37 heavy (non-hydrogen) atoms. The van der Waals surface area contributed by atoms with Crippen molar-refractivity contribution in [2.45, 2.75) is 37.3 Å². The van der Waals surface area contributed by atoms with Gasteiger partial charge in [-0.2, -0.15) is 13.2 Å². The second kappa shape index (κ2) is 10.6. The Morgan fingerprint density at radius 1 is 1.03 bits per heavy atom. The van der Waals surface area contributed by atoms with Crippen molar-refractivity contribution in [1.82, 2.24) is 14.5 Å². The summed E-state index contributed by atoms with van der Waals surface area (Å²) in [6.07, 6.45) is 2.62. The molecule has 0 aliphatic rings. The fourth-order valence-electron chi connectivity index (χ4n) is 3.78. The molecule has 1 N–H and O–H groups in total. The Morgan fingerprint density at radius 3 is 2.41 bits per heavy atom.